The highest BCUT2D eigenvalue weighted by Gasteiger charge is 2.28. The van der Waals surface area contributed by atoms with Crippen LogP contribution in [0.25, 0.3) is 0 Å². The van der Waals surface area contributed by atoms with Crippen LogP contribution in [0.3, 0.4) is 0 Å². The molecule has 0 atom stereocenters. The molecule has 1 fully saturated rings. The summed E-state index contributed by atoms with van der Waals surface area (Å²) in [4.78, 5) is 10.9. The topological polar surface area (TPSA) is 104 Å². The lowest BCUT2D eigenvalue weighted by Crippen LogP contribution is -2.49. The van der Waals surface area contributed by atoms with Crippen LogP contribution in [0.1, 0.15) is 18.2 Å². The average molecular weight is 326 g/mol. The second-order valence-electron chi connectivity index (χ2n) is 5.54. The number of aromatic nitrogens is 2. The molecule has 0 bridgehead atoms. The molecule has 2 aliphatic rings. The van der Waals surface area contributed by atoms with Gasteiger partial charge in [-0.05, 0) is 19.9 Å². The number of rotatable bonds is 3. The summed E-state index contributed by atoms with van der Waals surface area (Å²) in [5.74, 6) is 1.30. The van der Waals surface area contributed by atoms with Crippen molar-refractivity contribution in [1.82, 2.24) is 19.6 Å². The molecule has 0 unspecified atom stereocenters. The Morgan fingerprint density at radius 3 is 2.64 bits per heavy atom. The number of hydrogen-bond donors (Lipinski definition) is 2. The van der Waals surface area contributed by atoms with Crippen molar-refractivity contribution in [2.75, 3.05) is 49.1 Å². The van der Waals surface area contributed by atoms with Crippen molar-refractivity contribution in [3.05, 3.63) is 11.3 Å². The smallest absolute Gasteiger partial charge is 0.222 e. The van der Waals surface area contributed by atoms with Crippen molar-refractivity contribution in [3.8, 4) is 0 Å². The van der Waals surface area contributed by atoms with Gasteiger partial charge in [-0.25, -0.2) is 13.4 Å². The van der Waals surface area contributed by atoms with Crippen LogP contribution >= 0.6 is 0 Å². The summed E-state index contributed by atoms with van der Waals surface area (Å²) < 4.78 is 25.4. The highest BCUT2D eigenvalue weighted by atomic mass is 32.2. The number of nitrogen functional groups attached to an aromatic ring is 1. The fourth-order valence-electron chi connectivity index (χ4n) is 2.98. The summed E-state index contributed by atoms with van der Waals surface area (Å²) in [6, 6.07) is 0. The molecule has 1 aromatic rings. The van der Waals surface area contributed by atoms with E-state index in [1.807, 2.05) is 0 Å². The first-order chi connectivity index (χ1) is 10.5. The maximum Gasteiger partial charge on any atom is 0.222 e. The first-order valence-corrected chi connectivity index (χ1v) is 9.21. The zero-order chi connectivity index (χ0) is 15.7. The molecule has 0 spiro atoms. The SMILES string of the molecule is CCS(=O)(=O)N1CCN(c2nc(N)nc3c2CCNC3)CC1. The molecule has 0 amide bonds. The lowest BCUT2D eigenvalue weighted by atomic mass is 10.1. The lowest BCUT2D eigenvalue weighted by molar-refractivity contribution is 0.384. The summed E-state index contributed by atoms with van der Waals surface area (Å²) in [5, 5.41) is 3.28. The normalized spacial score (nSPS) is 20.0. The number of sulfonamides is 1. The Balaban J connectivity index is 1.81. The molecule has 3 N–H and O–H groups in total. The number of nitrogens with two attached hydrogens (primary N) is 1. The van der Waals surface area contributed by atoms with Crippen molar-refractivity contribution >= 4 is 21.8 Å². The zero-order valence-electron chi connectivity index (χ0n) is 12.7. The number of piperazine rings is 1. The van der Waals surface area contributed by atoms with Crippen LogP contribution in [0.4, 0.5) is 11.8 Å². The first-order valence-electron chi connectivity index (χ1n) is 7.60. The molecule has 3 rings (SSSR count). The van der Waals surface area contributed by atoms with Gasteiger partial charge in [-0.15, -0.1) is 0 Å². The summed E-state index contributed by atoms with van der Waals surface area (Å²) in [7, 11) is -3.11. The van der Waals surface area contributed by atoms with Gasteiger partial charge >= 0.3 is 0 Å². The minimum absolute atomic E-state index is 0.147. The minimum Gasteiger partial charge on any atom is -0.368 e. The molecular weight excluding hydrogens is 304 g/mol. The fourth-order valence-corrected chi connectivity index (χ4v) is 4.07. The number of nitrogens with one attached hydrogen (secondary N) is 1. The third-order valence-corrected chi connectivity index (χ3v) is 6.11. The van der Waals surface area contributed by atoms with Gasteiger partial charge in [-0.2, -0.15) is 9.29 Å². The van der Waals surface area contributed by atoms with Crippen LogP contribution in [0.2, 0.25) is 0 Å². The van der Waals surface area contributed by atoms with Crippen LogP contribution in [0.5, 0.6) is 0 Å². The van der Waals surface area contributed by atoms with Gasteiger partial charge in [-0.3, -0.25) is 0 Å². The van der Waals surface area contributed by atoms with Crippen molar-refractivity contribution in [3.63, 3.8) is 0 Å². The third-order valence-electron chi connectivity index (χ3n) is 4.23. The summed E-state index contributed by atoms with van der Waals surface area (Å²) in [6.45, 7) is 5.54. The van der Waals surface area contributed by atoms with Gasteiger partial charge < -0.3 is 16.0 Å². The molecular formula is C13H22N6O2S. The molecule has 0 saturated carbocycles. The number of nitrogens with zero attached hydrogens (tertiary/aromatic N) is 4. The Morgan fingerprint density at radius 2 is 1.95 bits per heavy atom. The number of fused-ring (bicyclic) bond motifs is 1. The van der Waals surface area contributed by atoms with E-state index in [0.717, 1.165) is 30.0 Å². The van der Waals surface area contributed by atoms with Crippen LogP contribution in [0.15, 0.2) is 0 Å². The molecule has 0 aromatic carbocycles. The third kappa shape index (κ3) is 2.88. The van der Waals surface area contributed by atoms with Gasteiger partial charge in [0.05, 0.1) is 11.4 Å². The lowest BCUT2D eigenvalue weighted by Gasteiger charge is -2.36. The fraction of sp³-hybridized carbons (Fsp3) is 0.692. The molecule has 2 aliphatic heterocycles. The highest BCUT2D eigenvalue weighted by Crippen LogP contribution is 2.25. The molecule has 1 saturated heterocycles. The second kappa shape index (κ2) is 5.98. The van der Waals surface area contributed by atoms with Gasteiger partial charge in [-0.1, -0.05) is 0 Å². The Labute approximate surface area is 130 Å². The molecule has 3 heterocycles. The Morgan fingerprint density at radius 1 is 1.23 bits per heavy atom. The Bertz CT molecular complexity index is 655. The summed E-state index contributed by atoms with van der Waals surface area (Å²) >= 11 is 0. The van der Waals surface area contributed by atoms with Crippen LogP contribution < -0.4 is 16.0 Å². The Hall–Kier alpha value is -1.45. The zero-order valence-corrected chi connectivity index (χ0v) is 13.6. The van der Waals surface area contributed by atoms with E-state index in [-0.39, 0.29) is 11.7 Å². The first kappa shape index (κ1) is 15.4. The number of hydrogen-bond acceptors (Lipinski definition) is 7. The monoisotopic (exact) mass is 326 g/mol. The largest absolute Gasteiger partial charge is 0.368 e. The average Bonchev–Trinajstić information content (AvgIpc) is 2.54. The van der Waals surface area contributed by atoms with Crippen molar-refractivity contribution in [2.45, 2.75) is 19.9 Å². The maximum atomic E-state index is 11.9. The molecule has 0 aliphatic carbocycles. The van der Waals surface area contributed by atoms with Crippen LogP contribution in [-0.4, -0.2) is 61.2 Å². The van der Waals surface area contributed by atoms with E-state index in [1.54, 1.807) is 11.2 Å². The quantitative estimate of drug-likeness (QED) is 0.747. The van der Waals surface area contributed by atoms with Gasteiger partial charge in [0, 0.05) is 38.3 Å². The van der Waals surface area contributed by atoms with E-state index in [2.05, 4.69) is 20.2 Å². The molecule has 9 heteroatoms. The molecule has 8 nitrogen and oxygen atoms in total. The van der Waals surface area contributed by atoms with E-state index in [9.17, 15) is 8.42 Å². The highest BCUT2D eigenvalue weighted by molar-refractivity contribution is 7.89. The summed E-state index contributed by atoms with van der Waals surface area (Å²) in [5.41, 5.74) is 7.92. The molecule has 122 valence electrons. The van der Waals surface area contributed by atoms with Crippen LogP contribution in [-0.2, 0) is 23.0 Å². The molecule has 0 radical (unpaired) electrons. The van der Waals surface area contributed by atoms with E-state index < -0.39 is 10.0 Å². The standard InChI is InChI=1S/C13H22N6O2S/c1-2-22(20,21)19-7-5-18(6-8-19)12-10-3-4-15-9-11(10)16-13(14)17-12/h15H,2-9H2,1H3,(H2,14,16,17). The van der Waals surface area contributed by atoms with Crippen LogP contribution in [0, 0.1) is 0 Å². The van der Waals surface area contributed by atoms with E-state index in [0.29, 0.717) is 32.7 Å². The van der Waals surface area contributed by atoms with Gasteiger partial charge in [0.1, 0.15) is 5.82 Å². The Kier molecular flexibility index (Phi) is 4.20. The van der Waals surface area contributed by atoms with Gasteiger partial charge in [0.2, 0.25) is 16.0 Å². The molecule has 1 aromatic heterocycles. The second-order valence-corrected chi connectivity index (χ2v) is 7.80. The van der Waals surface area contributed by atoms with E-state index >= 15 is 0 Å². The van der Waals surface area contributed by atoms with Gasteiger partial charge in [0.25, 0.3) is 0 Å². The van der Waals surface area contributed by atoms with Crippen molar-refractivity contribution in [2.24, 2.45) is 0 Å². The minimum atomic E-state index is -3.11. The summed E-state index contributed by atoms with van der Waals surface area (Å²) in [6.07, 6.45) is 0.873. The van der Waals surface area contributed by atoms with E-state index in [4.69, 9.17) is 5.73 Å². The maximum absolute atomic E-state index is 11.9. The predicted octanol–water partition coefficient (Wildman–Crippen LogP) is -0.824. The van der Waals surface area contributed by atoms with Gasteiger partial charge in [0.15, 0.2) is 0 Å². The van der Waals surface area contributed by atoms with E-state index in [1.165, 1.54) is 0 Å². The predicted molar refractivity (Wildman–Crippen MR) is 85.1 cm³/mol. The van der Waals surface area contributed by atoms with Crippen molar-refractivity contribution < 1.29 is 8.42 Å². The van der Waals surface area contributed by atoms with Crippen molar-refractivity contribution in [1.29, 1.82) is 0 Å². The number of anilines is 2. The molecule has 22 heavy (non-hydrogen) atoms.